The van der Waals surface area contributed by atoms with Crippen LogP contribution < -0.4 is 0 Å². The Morgan fingerprint density at radius 2 is 2.24 bits per heavy atom. The lowest BCUT2D eigenvalue weighted by atomic mass is 9.88. The van der Waals surface area contributed by atoms with E-state index in [9.17, 15) is 4.79 Å². The van der Waals surface area contributed by atoms with E-state index in [1.807, 2.05) is 23.1 Å². The third kappa shape index (κ3) is 3.73. The molecule has 0 N–H and O–H groups in total. The van der Waals surface area contributed by atoms with Crippen molar-refractivity contribution in [3.63, 3.8) is 0 Å². The van der Waals surface area contributed by atoms with E-state index in [2.05, 4.69) is 9.97 Å². The molecule has 0 bridgehead atoms. The number of ether oxygens (including phenoxy) is 2. The van der Waals surface area contributed by atoms with Crippen molar-refractivity contribution in [1.29, 1.82) is 0 Å². The number of amides is 1. The third-order valence-electron chi connectivity index (χ3n) is 4.98. The van der Waals surface area contributed by atoms with Crippen molar-refractivity contribution in [2.75, 3.05) is 19.7 Å². The Labute approximate surface area is 150 Å². The average molecular weight is 359 g/mol. The summed E-state index contributed by atoms with van der Waals surface area (Å²) in [6, 6.07) is 5.83. The molecule has 0 radical (unpaired) electrons. The summed E-state index contributed by atoms with van der Waals surface area (Å²) >= 11 is 1.45. The largest absolute Gasteiger partial charge is 0.372 e. The first kappa shape index (κ1) is 16.6. The summed E-state index contributed by atoms with van der Waals surface area (Å²) in [5.41, 5.74) is 3.03. The van der Waals surface area contributed by atoms with Crippen LogP contribution in [-0.2, 0) is 16.1 Å². The fraction of sp³-hybridized carbons (Fsp3) is 0.500. The lowest BCUT2D eigenvalue weighted by molar-refractivity contribution is -0.0413. The van der Waals surface area contributed by atoms with Gasteiger partial charge < -0.3 is 14.4 Å². The van der Waals surface area contributed by atoms with Gasteiger partial charge in [0.2, 0.25) is 0 Å². The average Bonchev–Trinajstić information content (AvgIpc) is 3.32. The zero-order valence-electron chi connectivity index (χ0n) is 14.0. The van der Waals surface area contributed by atoms with Crippen LogP contribution in [0.5, 0.6) is 0 Å². The molecule has 25 heavy (non-hydrogen) atoms. The topological polar surface area (TPSA) is 64.6 Å². The number of carbonyl (C=O) groups excluding carboxylic acids is 1. The summed E-state index contributed by atoms with van der Waals surface area (Å²) in [6.07, 6.45) is 4.47. The van der Waals surface area contributed by atoms with E-state index in [1.54, 1.807) is 17.1 Å². The van der Waals surface area contributed by atoms with Crippen LogP contribution in [0.1, 0.15) is 35.4 Å². The van der Waals surface area contributed by atoms with Gasteiger partial charge in [-0.3, -0.25) is 9.78 Å². The normalized spacial score (nSPS) is 22.4. The van der Waals surface area contributed by atoms with Crippen molar-refractivity contribution in [3.8, 4) is 0 Å². The Kier molecular flexibility index (Phi) is 4.78. The second kappa shape index (κ2) is 7.19. The molecular formula is C18H21N3O3S. The summed E-state index contributed by atoms with van der Waals surface area (Å²) in [7, 11) is 0. The van der Waals surface area contributed by atoms with Crippen molar-refractivity contribution < 1.29 is 14.3 Å². The number of likely N-dealkylation sites (tertiary alicyclic amines) is 1. The minimum absolute atomic E-state index is 0.0250. The molecule has 4 heterocycles. The van der Waals surface area contributed by atoms with E-state index in [0.717, 1.165) is 25.0 Å². The first-order chi connectivity index (χ1) is 12.2. The van der Waals surface area contributed by atoms with Gasteiger partial charge in [0.25, 0.3) is 5.91 Å². The molecule has 7 heteroatoms. The Hall–Kier alpha value is -1.83. The first-order valence-electron chi connectivity index (χ1n) is 8.57. The maximum absolute atomic E-state index is 12.4. The number of pyridine rings is 1. The van der Waals surface area contributed by atoms with Gasteiger partial charge in [-0.2, -0.15) is 0 Å². The Balaban J connectivity index is 1.28. The van der Waals surface area contributed by atoms with Crippen molar-refractivity contribution >= 4 is 17.2 Å². The SMILES string of the molecule is O=C(c1cscn1)N1CCC2(CC1)C[C@H](OCc1ccccn1)CO2. The van der Waals surface area contributed by atoms with E-state index in [-0.39, 0.29) is 17.6 Å². The van der Waals surface area contributed by atoms with Crippen LogP contribution in [0.2, 0.25) is 0 Å². The number of carbonyl (C=O) groups is 1. The number of hydrogen-bond acceptors (Lipinski definition) is 6. The number of nitrogens with zero attached hydrogens (tertiary/aromatic N) is 3. The van der Waals surface area contributed by atoms with Crippen molar-refractivity contribution in [3.05, 3.63) is 46.7 Å². The molecule has 2 aromatic heterocycles. The Morgan fingerprint density at radius 3 is 2.96 bits per heavy atom. The van der Waals surface area contributed by atoms with Crippen molar-refractivity contribution in [1.82, 2.24) is 14.9 Å². The zero-order valence-corrected chi connectivity index (χ0v) is 14.8. The molecule has 2 aliphatic heterocycles. The van der Waals surface area contributed by atoms with E-state index >= 15 is 0 Å². The van der Waals surface area contributed by atoms with Gasteiger partial charge in [-0.05, 0) is 25.0 Å². The van der Waals surface area contributed by atoms with E-state index in [4.69, 9.17) is 9.47 Å². The summed E-state index contributed by atoms with van der Waals surface area (Å²) in [5.74, 6) is 0.0250. The van der Waals surface area contributed by atoms with Crippen molar-refractivity contribution in [2.45, 2.75) is 37.6 Å². The fourth-order valence-electron chi connectivity index (χ4n) is 3.54. The highest BCUT2D eigenvalue weighted by atomic mass is 32.1. The predicted molar refractivity (Wildman–Crippen MR) is 93.4 cm³/mol. The molecular weight excluding hydrogens is 338 g/mol. The van der Waals surface area contributed by atoms with Crippen LogP contribution in [0.25, 0.3) is 0 Å². The molecule has 0 aromatic carbocycles. The smallest absolute Gasteiger partial charge is 0.273 e. The highest BCUT2D eigenvalue weighted by Gasteiger charge is 2.44. The highest BCUT2D eigenvalue weighted by Crippen LogP contribution is 2.37. The van der Waals surface area contributed by atoms with Crippen LogP contribution in [0, 0.1) is 0 Å². The molecule has 1 spiro atoms. The van der Waals surface area contributed by atoms with Gasteiger partial charge in [0.15, 0.2) is 0 Å². The molecule has 2 aromatic rings. The summed E-state index contributed by atoms with van der Waals surface area (Å²) in [6.45, 7) is 2.55. The zero-order chi connectivity index (χ0) is 17.1. The summed E-state index contributed by atoms with van der Waals surface area (Å²) in [4.78, 5) is 22.7. The monoisotopic (exact) mass is 359 g/mol. The maximum atomic E-state index is 12.4. The maximum Gasteiger partial charge on any atom is 0.273 e. The van der Waals surface area contributed by atoms with Gasteiger partial charge in [0, 0.05) is 31.1 Å². The second-order valence-electron chi connectivity index (χ2n) is 6.62. The van der Waals surface area contributed by atoms with Crippen LogP contribution in [0.15, 0.2) is 35.3 Å². The first-order valence-corrected chi connectivity index (χ1v) is 9.51. The summed E-state index contributed by atoms with van der Waals surface area (Å²) in [5, 5.41) is 1.81. The molecule has 0 unspecified atom stereocenters. The number of piperidine rings is 1. The van der Waals surface area contributed by atoms with Gasteiger partial charge in [-0.15, -0.1) is 11.3 Å². The molecule has 1 atom stereocenters. The van der Waals surface area contributed by atoms with Gasteiger partial charge in [-0.1, -0.05) is 6.07 Å². The standard InChI is InChI=1S/C18H21N3O3S/c22-17(16-12-25-13-20-16)21-7-4-18(5-8-21)9-15(11-24-18)23-10-14-3-1-2-6-19-14/h1-3,6,12-13,15H,4-5,7-11H2/t15-/m0/s1. The predicted octanol–water partition coefficient (Wildman–Crippen LogP) is 2.52. The number of thiazole rings is 1. The van der Waals surface area contributed by atoms with Gasteiger partial charge in [-0.25, -0.2) is 4.98 Å². The molecule has 0 saturated carbocycles. The molecule has 132 valence electrons. The minimum Gasteiger partial charge on any atom is -0.372 e. The van der Waals surface area contributed by atoms with Crippen LogP contribution in [0.3, 0.4) is 0 Å². The Morgan fingerprint density at radius 1 is 1.36 bits per heavy atom. The van der Waals surface area contributed by atoms with Gasteiger partial charge >= 0.3 is 0 Å². The lowest BCUT2D eigenvalue weighted by Gasteiger charge is -2.38. The Bertz CT molecular complexity index is 700. The summed E-state index contributed by atoms with van der Waals surface area (Å²) < 4.78 is 12.1. The van der Waals surface area contributed by atoms with Crippen molar-refractivity contribution in [2.24, 2.45) is 0 Å². The molecule has 2 fully saturated rings. The van der Waals surface area contributed by atoms with Gasteiger partial charge in [0.1, 0.15) is 5.69 Å². The molecule has 4 rings (SSSR count). The second-order valence-corrected chi connectivity index (χ2v) is 7.34. The molecule has 6 nitrogen and oxygen atoms in total. The highest BCUT2D eigenvalue weighted by molar-refractivity contribution is 7.07. The molecule has 0 aliphatic carbocycles. The number of aromatic nitrogens is 2. The number of rotatable bonds is 4. The lowest BCUT2D eigenvalue weighted by Crippen LogP contribution is -2.46. The molecule has 1 amide bonds. The molecule has 2 aliphatic rings. The molecule has 2 saturated heterocycles. The quantitative estimate of drug-likeness (QED) is 0.839. The number of hydrogen-bond donors (Lipinski definition) is 0. The third-order valence-corrected chi connectivity index (χ3v) is 5.57. The van der Waals surface area contributed by atoms with E-state index in [0.29, 0.717) is 32.0 Å². The van der Waals surface area contributed by atoms with E-state index < -0.39 is 0 Å². The van der Waals surface area contributed by atoms with Gasteiger partial charge in [0.05, 0.1) is 36.1 Å². The van der Waals surface area contributed by atoms with E-state index in [1.165, 1.54) is 11.3 Å². The fourth-order valence-corrected chi connectivity index (χ4v) is 4.07. The minimum atomic E-state index is -0.145. The van der Waals surface area contributed by atoms with Crippen LogP contribution in [-0.4, -0.2) is 52.2 Å². The van der Waals surface area contributed by atoms with Crippen LogP contribution in [0.4, 0.5) is 0 Å². The van der Waals surface area contributed by atoms with Crippen LogP contribution >= 0.6 is 11.3 Å².